The van der Waals surface area contributed by atoms with E-state index in [1.165, 1.54) is 0 Å². The number of carbonyl (C=O) groups is 2. The van der Waals surface area contributed by atoms with Gasteiger partial charge in [-0.15, -0.1) is 0 Å². The van der Waals surface area contributed by atoms with Crippen LogP contribution in [0.1, 0.15) is 35.2 Å². The summed E-state index contributed by atoms with van der Waals surface area (Å²) in [7, 11) is 0. The fourth-order valence-corrected chi connectivity index (χ4v) is 4.31. The SMILES string of the molecule is O=C(O)c1ccccc1CN1CC[C@@]23OCCCN2C(=O)C[C@@H]13. The fraction of sp³-hybridized carbons (Fsp3) is 0.529. The maximum atomic E-state index is 12.3. The molecule has 1 N–H and O–H groups in total. The number of nitrogens with zero attached hydrogens (tertiary/aromatic N) is 2. The van der Waals surface area contributed by atoms with Gasteiger partial charge in [0.25, 0.3) is 0 Å². The highest BCUT2D eigenvalue weighted by Crippen LogP contribution is 2.45. The van der Waals surface area contributed by atoms with E-state index < -0.39 is 11.7 Å². The third-order valence-corrected chi connectivity index (χ3v) is 5.34. The molecule has 3 heterocycles. The summed E-state index contributed by atoms with van der Waals surface area (Å²) in [6.45, 7) is 2.83. The Kier molecular flexibility index (Phi) is 3.39. The summed E-state index contributed by atoms with van der Waals surface area (Å²) >= 11 is 0. The van der Waals surface area contributed by atoms with Crippen LogP contribution >= 0.6 is 0 Å². The summed E-state index contributed by atoms with van der Waals surface area (Å²) in [6, 6.07) is 7.11. The van der Waals surface area contributed by atoms with Crippen LogP contribution in [0.25, 0.3) is 0 Å². The average Bonchev–Trinajstić information content (AvgIpc) is 3.01. The lowest BCUT2D eigenvalue weighted by Gasteiger charge is -2.42. The lowest BCUT2D eigenvalue weighted by molar-refractivity contribution is -0.180. The third kappa shape index (κ3) is 2.16. The summed E-state index contributed by atoms with van der Waals surface area (Å²) in [5, 5.41) is 9.35. The van der Waals surface area contributed by atoms with E-state index in [0.29, 0.717) is 25.1 Å². The Balaban J connectivity index is 1.61. The van der Waals surface area contributed by atoms with E-state index in [9.17, 15) is 14.7 Å². The predicted molar refractivity (Wildman–Crippen MR) is 81.8 cm³/mol. The Morgan fingerprint density at radius 3 is 3.00 bits per heavy atom. The van der Waals surface area contributed by atoms with E-state index in [1.54, 1.807) is 12.1 Å². The zero-order chi connectivity index (χ0) is 16.0. The molecule has 0 aromatic heterocycles. The summed E-state index contributed by atoms with van der Waals surface area (Å²) in [5.74, 6) is -0.751. The molecule has 6 nitrogen and oxygen atoms in total. The van der Waals surface area contributed by atoms with Crippen LogP contribution in [0.5, 0.6) is 0 Å². The molecule has 0 bridgehead atoms. The molecule has 1 spiro atoms. The smallest absolute Gasteiger partial charge is 0.336 e. The first-order valence-corrected chi connectivity index (χ1v) is 8.11. The van der Waals surface area contributed by atoms with E-state index in [1.807, 2.05) is 17.0 Å². The topological polar surface area (TPSA) is 70.1 Å². The minimum absolute atomic E-state index is 0.0251. The second-order valence-electron chi connectivity index (χ2n) is 6.49. The Hall–Kier alpha value is -1.92. The second kappa shape index (κ2) is 5.32. The van der Waals surface area contributed by atoms with Gasteiger partial charge in [-0.25, -0.2) is 4.79 Å². The molecular formula is C17H20N2O4. The average molecular weight is 316 g/mol. The lowest BCUT2D eigenvalue weighted by Crippen LogP contribution is -2.56. The van der Waals surface area contributed by atoms with Crippen molar-refractivity contribution in [3.05, 3.63) is 35.4 Å². The third-order valence-electron chi connectivity index (χ3n) is 5.34. The lowest BCUT2D eigenvalue weighted by atomic mass is 10.0. The molecule has 3 saturated heterocycles. The number of aromatic carboxylic acids is 1. The summed E-state index contributed by atoms with van der Waals surface area (Å²) in [6.07, 6.45) is 2.16. The number of carboxylic acid groups (broad SMARTS) is 1. The maximum Gasteiger partial charge on any atom is 0.336 e. The van der Waals surface area contributed by atoms with E-state index in [4.69, 9.17) is 4.74 Å². The van der Waals surface area contributed by atoms with Gasteiger partial charge in [0.1, 0.15) is 0 Å². The number of amides is 1. The molecule has 0 radical (unpaired) electrons. The van der Waals surface area contributed by atoms with Gasteiger partial charge in [0, 0.05) is 32.5 Å². The van der Waals surface area contributed by atoms with Crippen molar-refractivity contribution in [3.63, 3.8) is 0 Å². The van der Waals surface area contributed by atoms with Crippen LogP contribution in [-0.2, 0) is 16.1 Å². The van der Waals surface area contributed by atoms with Gasteiger partial charge in [0.2, 0.25) is 5.91 Å². The Morgan fingerprint density at radius 1 is 1.35 bits per heavy atom. The number of carboxylic acids is 1. The molecule has 4 rings (SSSR count). The molecule has 23 heavy (non-hydrogen) atoms. The largest absolute Gasteiger partial charge is 0.478 e. The van der Waals surface area contributed by atoms with Crippen LogP contribution in [0.15, 0.2) is 24.3 Å². The monoisotopic (exact) mass is 316 g/mol. The van der Waals surface area contributed by atoms with Crippen LogP contribution < -0.4 is 0 Å². The van der Waals surface area contributed by atoms with E-state index in [-0.39, 0.29) is 11.9 Å². The summed E-state index contributed by atoms with van der Waals surface area (Å²) in [5.41, 5.74) is 0.644. The summed E-state index contributed by atoms with van der Waals surface area (Å²) in [4.78, 5) is 27.8. The van der Waals surface area contributed by atoms with Crippen LogP contribution in [0, 0.1) is 0 Å². The minimum atomic E-state index is -0.910. The van der Waals surface area contributed by atoms with Crippen LogP contribution in [0.4, 0.5) is 0 Å². The molecule has 3 fully saturated rings. The Labute approximate surface area is 134 Å². The zero-order valence-electron chi connectivity index (χ0n) is 12.9. The highest BCUT2D eigenvalue weighted by molar-refractivity contribution is 5.89. The van der Waals surface area contributed by atoms with E-state index in [2.05, 4.69) is 4.90 Å². The van der Waals surface area contributed by atoms with Crippen molar-refractivity contribution in [2.24, 2.45) is 0 Å². The number of carbonyl (C=O) groups excluding carboxylic acids is 1. The highest BCUT2D eigenvalue weighted by Gasteiger charge is 2.60. The molecule has 0 aliphatic carbocycles. The van der Waals surface area contributed by atoms with Gasteiger partial charge in [-0.3, -0.25) is 9.69 Å². The standard InChI is InChI=1S/C17H20N2O4/c20-15-10-14-17(19(15)7-3-9-23-17)6-8-18(14)11-12-4-1-2-5-13(12)16(21)22/h1-2,4-5,14H,3,6-11H2,(H,21,22)/t14-,17+/m1/s1. The number of likely N-dealkylation sites (tertiary alicyclic amines) is 1. The number of benzene rings is 1. The Bertz CT molecular complexity index is 662. The summed E-state index contributed by atoms with van der Waals surface area (Å²) < 4.78 is 6.08. The Morgan fingerprint density at radius 2 is 2.17 bits per heavy atom. The van der Waals surface area contributed by atoms with Gasteiger partial charge in [-0.1, -0.05) is 18.2 Å². The first kappa shape index (κ1) is 14.7. The number of rotatable bonds is 3. The van der Waals surface area contributed by atoms with Crippen molar-refractivity contribution < 1.29 is 19.4 Å². The van der Waals surface area contributed by atoms with Crippen LogP contribution in [0.3, 0.4) is 0 Å². The number of hydrogen-bond donors (Lipinski definition) is 1. The van der Waals surface area contributed by atoms with Crippen molar-refractivity contribution in [1.82, 2.24) is 9.80 Å². The molecule has 122 valence electrons. The van der Waals surface area contributed by atoms with Gasteiger partial charge in [0.05, 0.1) is 18.2 Å². The molecule has 3 aliphatic heterocycles. The molecular weight excluding hydrogens is 296 g/mol. The second-order valence-corrected chi connectivity index (χ2v) is 6.49. The van der Waals surface area contributed by atoms with E-state index >= 15 is 0 Å². The normalized spacial score (nSPS) is 30.3. The van der Waals surface area contributed by atoms with E-state index in [0.717, 1.165) is 31.5 Å². The van der Waals surface area contributed by atoms with Gasteiger partial charge >= 0.3 is 5.97 Å². The van der Waals surface area contributed by atoms with Gasteiger partial charge in [-0.05, 0) is 18.1 Å². The maximum absolute atomic E-state index is 12.3. The molecule has 1 aromatic rings. The molecule has 1 aromatic carbocycles. The van der Waals surface area contributed by atoms with Crippen molar-refractivity contribution in [2.45, 2.75) is 37.6 Å². The minimum Gasteiger partial charge on any atom is -0.478 e. The number of hydrogen-bond acceptors (Lipinski definition) is 4. The molecule has 2 atom stereocenters. The molecule has 1 amide bonds. The molecule has 3 aliphatic rings. The quantitative estimate of drug-likeness (QED) is 0.910. The van der Waals surface area contributed by atoms with Crippen LogP contribution in [-0.4, -0.2) is 58.2 Å². The van der Waals surface area contributed by atoms with Crippen LogP contribution in [0.2, 0.25) is 0 Å². The predicted octanol–water partition coefficient (Wildman–Crippen LogP) is 1.31. The first-order valence-electron chi connectivity index (χ1n) is 8.11. The van der Waals surface area contributed by atoms with Crippen molar-refractivity contribution in [2.75, 3.05) is 19.7 Å². The number of ether oxygens (including phenoxy) is 1. The molecule has 0 unspecified atom stereocenters. The highest BCUT2D eigenvalue weighted by atomic mass is 16.5. The van der Waals surface area contributed by atoms with Gasteiger partial charge in [0.15, 0.2) is 5.72 Å². The van der Waals surface area contributed by atoms with Gasteiger partial charge < -0.3 is 14.7 Å². The van der Waals surface area contributed by atoms with Crippen molar-refractivity contribution >= 4 is 11.9 Å². The van der Waals surface area contributed by atoms with Crippen molar-refractivity contribution in [1.29, 1.82) is 0 Å². The fourth-order valence-electron chi connectivity index (χ4n) is 4.31. The van der Waals surface area contributed by atoms with Crippen molar-refractivity contribution in [3.8, 4) is 0 Å². The molecule has 0 saturated carbocycles. The van der Waals surface area contributed by atoms with Gasteiger partial charge in [-0.2, -0.15) is 0 Å². The zero-order valence-corrected chi connectivity index (χ0v) is 12.9. The molecule has 6 heteroatoms. The first-order chi connectivity index (χ1) is 11.1.